The Bertz CT molecular complexity index is 484. The summed E-state index contributed by atoms with van der Waals surface area (Å²) in [6, 6.07) is 1.47. The fourth-order valence-corrected chi connectivity index (χ4v) is 2.68. The summed E-state index contributed by atoms with van der Waals surface area (Å²) in [5.41, 5.74) is 11.2. The highest BCUT2D eigenvalue weighted by Crippen LogP contribution is 2.31. The summed E-state index contributed by atoms with van der Waals surface area (Å²) in [5.74, 6) is -0.292. The first kappa shape index (κ1) is 13.6. The molecular weight excluding hydrogens is 244 g/mol. The van der Waals surface area contributed by atoms with Gasteiger partial charge in [-0.1, -0.05) is 12.8 Å². The predicted molar refractivity (Wildman–Crippen MR) is 73.9 cm³/mol. The summed E-state index contributed by atoms with van der Waals surface area (Å²) in [4.78, 5) is 17.2. The van der Waals surface area contributed by atoms with Crippen molar-refractivity contribution in [3.63, 3.8) is 0 Å². The van der Waals surface area contributed by atoms with Crippen molar-refractivity contribution < 1.29 is 9.90 Å². The molecule has 2 rings (SSSR count). The van der Waals surface area contributed by atoms with Crippen molar-refractivity contribution in [2.75, 3.05) is 24.2 Å². The van der Waals surface area contributed by atoms with Crippen LogP contribution in [0.25, 0.3) is 0 Å². The number of primary amides is 1. The Morgan fingerprint density at radius 3 is 2.74 bits per heavy atom. The standard InChI is InChI=1S/C13H20N4O2/c1-17(8-13(19)4-2-3-5-13)10-7-16-11(14)6-9(10)12(15)18/h6-7,19H,2-5,8H2,1H3,(H2,14,16)(H2,15,18). The van der Waals surface area contributed by atoms with Gasteiger partial charge in [0.05, 0.1) is 23.0 Å². The Morgan fingerprint density at radius 2 is 2.16 bits per heavy atom. The number of hydrogen-bond donors (Lipinski definition) is 3. The maximum atomic E-state index is 11.4. The third kappa shape index (κ3) is 2.96. The second kappa shape index (κ2) is 5.05. The van der Waals surface area contributed by atoms with Gasteiger partial charge in [0, 0.05) is 13.6 Å². The fourth-order valence-electron chi connectivity index (χ4n) is 2.68. The maximum Gasteiger partial charge on any atom is 0.251 e. The van der Waals surface area contributed by atoms with Crippen molar-refractivity contribution in [2.24, 2.45) is 5.73 Å². The highest BCUT2D eigenvalue weighted by molar-refractivity contribution is 5.99. The van der Waals surface area contributed by atoms with Crippen LogP contribution in [0.4, 0.5) is 11.5 Å². The Balaban J connectivity index is 2.23. The third-order valence-electron chi connectivity index (χ3n) is 3.65. The molecule has 1 saturated carbocycles. The number of amides is 1. The number of carbonyl (C=O) groups excluding carboxylic acids is 1. The first-order valence-electron chi connectivity index (χ1n) is 6.40. The van der Waals surface area contributed by atoms with E-state index in [1.807, 2.05) is 11.9 Å². The number of anilines is 2. The number of likely N-dealkylation sites (N-methyl/N-ethyl adjacent to an activating group) is 1. The minimum absolute atomic E-state index is 0.255. The lowest BCUT2D eigenvalue weighted by molar-refractivity contribution is 0.0558. The van der Waals surface area contributed by atoms with Gasteiger partial charge in [-0.15, -0.1) is 0 Å². The molecule has 1 aromatic rings. The average Bonchev–Trinajstić information content (AvgIpc) is 2.75. The molecule has 6 nitrogen and oxygen atoms in total. The van der Waals surface area contributed by atoms with Gasteiger partial charge >= 0.3 is 0 Å². The number of aromatic nitrogens is 1. The Hall–Kier alpha value is -1.82. The summed E-state index contributed by atoms with van der Waals surface area (Å²) in [6.07, 6.45) is 5.16. The number of carbonyl (C=O) groups is 1. The number of pyridine rings is 1. The lowest BCUT2D eigenvalue weighted by Crippen LogP contribution is -2.40. The Kier molecular flexibility index (Phi) is 3.61. The molecule has 1 amide bonds. The monoisotopic (exact) mass is 264 g/mol. The first-order chi connectivity index (χ1) is 8.91. The van der Waals surface area contributed by atoms with Crippen LogP contribution in [0.3, 0.4) is 0 Å². The van der Waals surface area contributed by atoms with Crippen molar-refractivity contribution in [1.82, 2.24) is 4.98 Å². The van der Waals surface area contributed by atoms with Crippen LogP contribution in [0.1, 0.15) is 36.0 Å². The topological polar surface area (TPSA) is 105 Å². The highest BCUT2D eigenvalue weighted by atomic mass is 16.3. The van der Waals surface area contributed by atoms with Crippen molar-refractivity contribution in [3.8, 4) is 0 Å². The first-order valence-corrected chi connectivity index (χ1v) is 6.40. The van der Waals surface area contributed by atoms with Gasteiger partial charge in [-0.05, 0) is 18.9 Å². The van der Waals surface area contributed by atoms with Crippen molar-refractivity contribution in [3.05, 3.63) is 17.8 Å². The van der Waals surface area contributed by atoms with Gasteiger partial charge in [-0.25, -0.2) is 4.98 Å². The lowest BCUT2D eigenvalue weighted by Gasteiger charge is -2.30. The van der Waals surface area contributed by atoms with E-state index in [2.05, 4.69) is 4.98 Å². The minimum Gasteiger partial charge on any atom is -0.388 e. The molecule has 0 saturated heterocycles. The molecule has 0 spiro atoms. The van der Waals surface area contributed by atoms with Crippen molar-refractivity contribution in [1.29, 1.82) is 0 Å². The molecule has 0 unspecified atom stereocenters. The van der Waals surface area contributed by atoms with Crippen molar-refractivity contribution in [2.45, 2.75) is 31.3 Å². The van der Waals surface area contributed by atoms with Crippen LogP contribution in [0.2, 0.25) is 0 Å². The van der Waals surface area contributed by atoms with E-state index in [4.69, 9.17) is 11.5 Å². The van der Waals surface area contributed by atoms with Gasteiger partial charge < -0.3 is 21.5 Å². The molecule has 5 N–H and O–H groups in total. The SMILES string of the molecule is CN(CC1(O)CCCC1)c1cnc(N)cc1C(N)=O. The zero-order valence-corrected chi connectivity index (χ0v) is 11.1. The largest absolute Gasteiger partial charge is 0.388 e. The van der Waals surface area contributed by atoms with Crippen LogP contribution < -0.4 is 16.4 Å². The smallest absolute Gasteiger partial charge is 0.251 e. The lowest BCUT2D eigenvalue weighted by atomic mass is 10.0. The summed E-state index contributed by atoms with van der Waals surface area (Å²) >= 11 is 0. The van der Waals surface area contributed by atoms with Gasteiger partial charge in [0.25, 0.3) is 5.91 Å². The second-order valence-electron chi connectivity index (χ2n) is 5.28. The number of hydrogen-bond acceptors (Lipinski definition) is 5. The number of aliphatic hydroxyl groups is 1. The fraction of sp³-hybridized carbons (Fsp3) is 0.538. The molecule has 0 radical (unpaired) electrons. The zero-order valence-electron chi connectivity index (χ0n) is 11.1. The number of nitrogens with zero attached hydrogens (tertiary/aromatic N) is 2. The molecule has 0 atom stereocenters. The second-order valence-corrected chi connectivity index (χ2v) is 5.28. The molecule has 0 aliphatic heterocycles. The van der Waals surface area contributed by atoms with E-state index in [1.165, 1.54) is 12.3 Å². The minimum atomic E-state index is -0.689. The van der Waals surface area contributed by atoms with Gasteiger partial charge in [0.15, 0.2) is 0 Å². The van der Waals surface area contributed by atoms with Crippen LogP contribution in [-0.4, -0.2) is 35.2 Å². The van der Waals surface area contributed by atoms with E-state index in [1.54, 1.807) is 0 Å². The molecule has 1 aliphatic rings. The normalized spacial score (nSPS) is 17.4. The summed E-state index contributed by atoms with van der Waals surface area (Å²) in [6.45, 7) is 0.457. The van der Waals surface area contributed by atoms with Crippen LogP contribution in [0.15, 0.2) is 12.3 Å². The summed E-state index contributed by atoms with van der Waals surface area (Å²) in [5, 5.41) is 10.4. The van der Waals surface area contributed by atoms with Crippen molar-refractivity contribution >= 4 is 17.4 Å². The van der Waals surface area contributed by atoms with Crippen LogP contribution in [0.5, 0.6) is 0 Å². The Labute approximate surface area is 112 Å². The predicted octanol–water partition coefficient (Wildman–Crippen LogP) is 0.504. The third-order valence-corrected chi connectivity index (χ3v) is 3.65. The van der Waals surface area contributed by atoms with E-state index in [9.17, 15) is 9.90 Å². The van der Waals surface area contributed by atoms with Crippen LogP contribution >= 0.6 is 0 Å². The summed E-state index contributed by atoms with van der Waals surface area (Å²) < 4.78 is 0. The van der Waals surface area contributed by atoms with E-state index in [0.717, 1.165) is 25.7 Å². The van der Waals surface area contributed by atoms with Gasteiger partial charge in [0.2, 0.25) is 0 Å². The molecule has 19 heavy (non-hydrogen) atoms. The zero-order chi connectivity index (χ0) is 14.0. The summed E-state index contributed by atoms with van der Waals surface area (Å²) in [7, 11) is 1.82. The molecule has 0 aromatic carbocycles. The maximum absolute atomic E-state index is 11.4. The molecule has 6 heteroatoms. The number of rotatable bonds is 4. The van der Waals surface area contributed by atoms with Gasteiger partial charge in [0.1, 0.15) is 5.82 Å². The van der Waals surface area contributed by atoms with E-state index >= 15 is 0 Å². The van der Waals surface area contributed by atoms with E-state index in [0.29, 0.717) is 17.8 Å². The van der Waals surface area contributed by atoms with E-state index < -0.39 is 11.5 Å². The van der Waals surface area contributed by atoms with Crippen LogP contribution in [-0.2, 0) is 0 Å². The van der Waals surface area contributed by atoms with Crippen LogP contribution in [0, 0.1) is 0 Å². The molecule has 1 aromatic heterocycles. The molecular formula is C13H20N4O2. The average molecular weight is 264 g/mol. The Morgan fingerprint density at radius 1 is 1.53 bits per heavy atom. The van der Waals surface area contributed by atoms with E-state index in [-0.39, 0.29) is 5.82 Å². The molecule has 104 valence electrons. The molecule has 0 bridgehead atoms. The quantitative estimate of drug-likeness (QED) is 0.734. The molecule has 1 fully saturated rings. The highest BCUT2D eigenvalue weighted by Gasteiger charge is 2.33. The molecule has 1 heterocycles. The molecule has 1 aliphatic carbocycles. The van der Waals surface area contributed by atoms with Gasteiger partial charge in [-0.2, -0.15) is 0 Å². The van der Waals surface area contributed by atoms with Gasteiger partial charge in [-0.3, -0.25) is 4.79 Å². The number of nitrogen functional groups attached to an aromatic ring is 1. The number of nitrogens with two attached hydrogens (primary N) is 2.